The number of benzene rings is 2. The minimum atomic E-state index is 0.111. The van der Waals surface area contributed by atoms with Gasteiger partial charge in [-0.3, -0.25) is 4.79 Å². The van der Waals surface area contributed by atoms with E-state index in [0.717, 1.165) is 17.2 Å². The number of rotatable bonds is 5. The number of hydrogen-bond donors (Lipinski definition) is 1. The molecule has 0 aromatic heterocycles. The summed E-state index contributed by atoms with van der Waals surface area (Å²) in [5.41, 5.74) is 0.908. The van der Waals surface area contributed by atoms with Gasteiger partial charge >= 0.3 is 0 Å². The van der Waals surface area contributed by atoms with Gasteiger partial charge in [0.25, 0.3) is 0 Å². The summed E-state index contributed by atoms with van der Waals surface area (Å²) in [5, 5.41) is 3.03. The fourth-order valence-electron chi connectivity index (χ4n) is 1.49. The van der Waals surface area contributed by atoms with Gasteiger partial charge in [-0.05, 0) is 43.3 Å². The first-order valence-electron chi connectivity index (χ1n) is 5.80. The van der Waals surface area contributed by atoms with Gasteiger partial charge < -0.3 is 10.1 Å². The summed E-state index contributed by atoms with van der Waals surface area (Å²) >= 11 is 0. The number of Topliss-reactive ketones (excluding diaryl/α,β-unsaturated/α-hetero) is 1. The molecule has 0 aliphatic rings. The second-order valence-electron chi connectivity index (χ2n) is 4.00. The third-order valence-electron chi connectivity index (χ3n) is 2.37. The molecule has 2 rings (SSSR count). The lowest BCUT2D eigenvalue weighted by Gasteiger charge is -2.07. The summed E-state index contributed by atoms with van der Waals surface area (Å²) in [6.07, 6.45) is 0. The average Bonchev–Trinajstić information content (AvgIpc) is 2.39. The zero-order valence-corrected chi connectivity index (χ0v) is 10.2. The standard InChI is InChI=1S/C15H15NO2/c1-12(17)11-16-13-7-9-15(10-8-13)18-14-5-3-2-4-6-14/h2-10,16H,11H2,1H3. The van der Waals surface area contributed by atoms with E-state index < -0.39 is 0 Å². The van der Waals surface area contributed by atoms with Crippen LogP contribution in [0.5, 0.6) is 11.5 Å². The molecule has 0 saturated heterocycles. The topological polar surface area (TPSA) is 38.3 Å². The molecule has 0 aliphatic carbocycles. The van der Waals surface area contributed by atoms with Gasteiger partial charge in [0.2, 0.25) is 0 Å². The Kier molecular flexibility index (Phi) is 3.97. The van der Waals surface area contributed by atoms with Crippen molar-refractivity contribution >= 4 is 11.5 Å². The van der Waals surface area contributed by atoms with Gasteiger partial charge in [0.05, 0.1) is 6.54 Å². The third kappa shape index (κ3) is 3.63. The summed E-state index contributed by atoms with van der Waals surface area (Å²) in [6.45, 7) is 1.90. The van der Waals surface area contributed by atoms with Crippen molar-refractivity contribution < 1.29 is 9.53 Å². The molecule has 1 N–H and O–H groups in total. The molecular weight excluding hydrogens is 226 g/mol. The van der Waals surface area contributed by atoms with Crippen LogP contribution in [0.4, 0.5) is 5.69 Å². The molecule has 3 nitrogen and oxygen atoms in total. The zero-order chi connectivity index (χ0) is 12.8. The lowest BCUT2D eigenvalue weighted by Crippen LogP contribution is -2.09. The second kappa shape index (κ2) is 5.87. The average molecular weight is 241 g/mol. The van der Waals surface area contributed by atoms with Crippen molar-refractivity contribution in [2.75, 3.05) is 11.9 Å². The predicted octanol–water partition coefficient (Wildman–Crippen LogP) is 3.48. The highest BCUT2D eigenvalue weighted by Crippen LogP contribution is 2.22. The van der Waals surface area contributed by atoms with E-state index in [0.29, 0.717) is 6.54 Å². The molecule has 18 heavy (non-hydrogen) atoms. The van der Waals surface area contributed by atoms with Crippen LogP contribution in [0.3, 0.4) is 0 Å². The number of anilines is 1. The molecule has 3 heteroatoms. The number of carbonyl (C=O) groups is 1. The Bertz CT molecular complexity index is 506. The van der Waals surface area contributed by atoms with E-state index in [1.807, 2.05) is 54.6 Å². The molecular formula is C15H15NO2. The predicted molar refractivity (Wildman–Crippen MR) is 72.1 cm³/mol. The number of nitrogens with one attached hydrogen (secondary N) is 1. The Morgan fingerprint density at radius 1 is 1.00 bits per heavy atom. The number of hydrogen-bond acceptors (Lipinski definition) is 3. The Hall–Kier alpha value is -2.29. The van der Waals surface area contributed by atoms with E-state index in [4.69, 9.17) is 4.74 Å². The SMILES string of the molecule is CC(=O)CNc1ccc(Oc2ccccc2)cc1. The maximum absolute atomic E-state index is 10.8. The fourth-order valence-corrected chi connectivity index (χ4v) is 1.49. The molecule has 0 atom stereocenters. The zero-order valence-electron chi connectivity index (χ0n) is 10.2. The lowest BCUT2D eigenvalue weighted by atomic mass is 10.3. The van der Waals surface area contributed by atoms with E-state index in [1.54, 1.807) is 6.92 Å². The maximum Gasteiger partial charge on any atom is 0.148 e. The minimum absolute atomic E-state index is 0.111. The Labute approximate surface area is 106 Å². The third-order valence-corrected chi connectivity index (χ3v) is 2.37. The Balaban J connectivity index is 1.97. The van der Waals surface area contributed by atoms with Crippen molar-refractivity contribution in [1.29, 1.82) is 0 Å². The van der Waals surface area contributed by atoms with Crippen LogP contribution in [0.15, 0.2) is 54.6 Å². The molecule has 92 valence electrons. The Morgan fingerprint density at radius 3 is 2.22 bits per heavy atom. The molecule has 0 fully saturated rings. The molecule has 0 aliphatic heterocycles. The van der Waals surface area contributed by atoms with Crippen LogP contribution in [0, 0.1) is 0 Å². The van der Waals surface area contributed by atoms with Gasteiger partial charge in [0.15, 0.2) is 0 Å². The van der Waals surface area contributed by atoms with Crippen molar-refractivity contribution in [2.45, 2.75) is 6.92 Å². The second-order valence-corrected chi connectivity index (χ2v) is 4.00. The molecule has 0 amide bonds. The lowest BCUT2D eigenvalue weighted by molar-refractivity contribution is -0.115. The van der Waals surface area contributed by atoms with Gasteiger partial charge in [-0.2, -0.15) is 0 Å². The van der Waals surface area contributed by atoms with Crippen molar-refractivity contribution in [3.8, 4) is 11.5 Å². The fraction of sp³-hybridized carbons (Fsp3) is 0.133. The summed E-state index contributed by atoms with van der Waals surface area (Å²) in [4.78, 5) is 10.8. The quantitative estimate of drug-likeness (QED) is 0.871. The van der Waals surface area contributed by atoms with E-state index >= 15 is 0 Å². The van der Waals surface area contributed by atoms with Gasteiger partial charge in [-0.15, -0.1) is 0 Å². The van der Waals surface area contributed by atoms with Crippen molar-refractivity contribution in [2.24, 2.45) is 0 Å². The molecule has 0 saturated carbocycles. The van der Waals surface area contributed by atoms with Crippen LogP contribution in [0.25, 0.3) is 0 Å². The van der Waals surface area contributed by atoms with Crippen LogP contribution in [0.2, 0.25) is 0 Å². The first-order valence-corrected chi connectivity index (χ1v) is 5.80. The largest absolute Gasteiger partial charge is 0.457 e. The summed E-state index contributed by atoms with van der Waals surface area (Å²) in [6, 6.07) is 17.1. The Morgan fingerprint density at radius 2 is 1.61 bits per heavy atom. The number of carbonyl (C=O) groups excluding carboxylic acids is 1. The van der Waals surface area contributed by atoms with Gasteiger partial charge in [-0.25, -0.2) is 0 Å². The van der Waals surface area contributed by atoms with Gasteiger partial charge in [0, 0.05) is 5.69 Å². The number of para-hydroxylation sites is 1. The van der Waals surface area contributed by atoms with E-state index in [-0.39, 0.29) is 5.78 Å². The van der Waals surface area contributed by atoms with Crippen LogP contribution in [0.1, 0.15) is 6.92 Å². The number of ketones is 1. The highest BCUT2D eigenvalue weighted by atomic mass is 16.5. The monoisotopic (exact) mass is 241 g/mol. The van der Waals surface area contributed by atoms with Crippen molar-refractivity contribution in [3.05, 3.63) is 54.6 Å². The van der Waals surface area contributed by atoms with Crippen LogP contribution in [-0.2, 0) is 4.79 Å². The normalized spacial score (nSPS) is 9.83. The molecule has 2 aromatic carbocycles. The first kappa shape index (κ1) is 12.2. The summed E-state index contributed by atoms with van der Waals surface area (Å²) in [7, 11) is 0. The van der Waals surface area contributed by atoms with Gasteiger partial charge in [0.1, 0.15) is 17.3 Å². The van der Waals surface area contributed by atoms with Crippen LogP contribution in [-0.4, -0.2) is 12.3 Å². The highest BCUT2D eigenvalue weighted by Gasteiger charge is 1.98. The molecule has 0 heterocycles. The van der Waals surface area contributed by atoms with Crippen LogP contribution >= 0.6 is 0 Å². The number of ether oxygens (including phenoxy) is 1. The highest BCUT2D eigenvalue weighted by molar-refractivity contribution is 5.80. The molecule has 0 bridgehead atoms. The van der Waals surface area contributed by atoms with Gasteiger partial charge in [-0.1, -0.05) is 18.2 Å². The smallest absolute Gasteiger partial charge is 0.148 e. The van der Waals surface area contributed by atoms with E-state index in [2.05, 4.69) is 5.32 Å². The summed E-state index contributed by atoms with van der Waals surface area (Å²) in [5.74, 6) is 1.69. The maximum atomic E-state index is 10.8. The van der Waals surface area contributed by atoms with Crippen molar-refractivity contribution in [1.82, 2.24) is 0 Å². The van der Waals surface area contributed by atoms with Crippen molar-refractivity contribution in [3.63, 3.8) is 0 Å². The molecule has 0 spiro atoms. The van der Waals surface area contributed by atoms with Crippen LogP contribution < -0.4 is 10.1 Å². The van der Waals surface area contributed by atoms with E-state index in [9.17, 15) is 4.79 Å². The molecule has 2 aromatic rings. The molecule has 0 radical (unpaired) electrons. The first-order chi connectivity index (χ1) is 8.74. The summed E-state index contributed by atoms with van der Waals surface area (Å²) < 4.78 is 5.66. The molecule has 0 unspecified atom stereocenters. The van der Waals surface area contributed by atoms with E-state index in [1.165, 1.54) is 0 Å². The minimum Gasteiger partial charge on any atom is -0.457 e.